The molecule has 0 aliphatic rings. The molecule has 0 fully saturated rings. The lowest BCUT2D eigenvalue weighted by Crippen LogP contribution is -2.40. The van der Waals surface area contributed by atoms with Crippen molar-refractivity contribution in [3.05, 3.63) is 40.9 Å². The van der Waals surface area contributed by atoms with E-state index in [1.54, 1.807) is 30.2 Å². The van der Waals surface area contributed by atoms with E-state index >= 15 is 0 Å². The van der Waals surface area contributed by atoms with Crippen LogP contribution in [0.5, 0.6) is 0 Å². The molecule has 0 spiro atoms. The Labute approximate surface area is 129 Å². The minimum Gasteiger partial charge on any atom is -0.337 e. The molecule has 0 aliphatic carbocycles. The lowest BCUT2D eigenvalue weighted by Gasteiger charge is -2.26. The predicted molar refractivity (Wildman–Crippen MR) is 87.1 cm³/mol. The van der Waals surface area contributed by atoms with Crippen LogP contribution >= 0.6 is 11.3 Å². The van der Waals surface area contributed by atoms with Gasteiger partial charge in [0.15, 0.2) is 0 Å². The van der Waals surface area contributed by atoms with E-state index < -0.39 is 6.04 Å². The number of aryl methyl sites for hydroxylation is 1. The summed E-state index contributed by atoms with van der Waals surface area (Å²) in [6.45, 7) is 5.70. The smallest absolute Gasteiger partial charge is 0.239 e. The predicted octanol–water partition coefficient (Wildman–Crippen LogP) is 2.99. The zero-order valence-corrected chi connectivity index (χ0v) is 13.6. The fourth-order valence-corrected chi connectivity index (χ4v) is 3.35. The molecule has 21 heavy (non-hydrogen) atoms. The SMILES string of the molecule is Cc1nc(-c2ccccc2)sc1C(C)N(C)C(=O)C(C)N. The minimum atomic E-state index is -0.487. The summed E-state index contributed by atoms with van der Waals surface area (Å²) in [6, 6.07) is 9.56. The molecule has 0 radical (unpaired) electrons. The summed E-state index contributed by atoms with van der Waals surface area (Å²) in [5.41, 5.74) is 7.75. The zero-order valence-electron chi connectivity index (χ0n) is 12.8. The lowest BCUT2D eigenvalue weighted by molar-refractivity contribution is -0.132. The first-order valence-electron chi connectivity index (χ1n) is 6.96. The Kier molecular flexibility index (Phi) is 4.75. The average Bonchev–Trinajstić information content (AvgIpc) is 2.87. The molecule has 0 bridgehead atoms. The number of aromatic nitrogens is 1. The van der Waals surface area contributed by atoms with Gasteiger partial charge in [0, 0.05) is 12.6 Å². The molecule has 2 N–H and O–H groups in total. The summed E-state index contributed by atoms with van der Waals surface area (Å²) in [5, 5.41) is 0.983. The average molecular weight is 303 g/mol. The van der Waals surface area contributed by atoms with Crippen LogP contribution in [0.1, 0.15) is 30.5 Å². The summed E-state index contributed by atoms with van der Waals surface area (Å²) >= 11 is 1.63. The van der Waals surface area contributed by atoms with Gasteiger partial charge in [0.2, 0.25) is 5.91 Å². The fourth-order valence-electron chi connectivity index (χ4n) is 2.19. The third kappa shape index (κ3) is 3.31. The van der Waals surface area contributed by atoms with Crippen LogP contribution < -0.4 is 5.73 Å². The van der Waals surface area contributed by atoms with Crippen LogP contribution in [0.15, 0.2) is 30.3 Å². The molecule has 0 saturated carbocycles. The summed E-state index contributed by atoms with van der Waals surface area (Å²) in [5.74, 6) is -0.0587. The lowest BCUT2D eigenvalue weighted by atomic mass is 10.2. The van der Waals surface area contributed by atoms with Crippen molar-refractivity contribution in [3.8, 4) is 10.6 Å². The molecule has 0 aliphatic heterocycles. The van der Waals surface area contributed by atoms with Gasteiger partial charge in [-0.1, -0.05) is 30.3 Å². The van der Waals surface area contributed by atoms with E-state index in [1.807, 2.05) is 44.2 Å². The Morgan fingerprint density at radius 1 is 1.29 bits per heavy atom. The number of thiazole rings is 1. The topological polar surface area (TPSA) is 59.2 Å². The van der Waals surface area contributed by atoms with Gasteiger partial charge in [0.05, 0.1) is 22.7 Å². The second kappa shape index (κ2) is 6.37. The van der Waals surface area contributed by atoms with Crippen molar-refractivity contribution in [2.45, 2.75) is 32.9 Å². The van der Waals surface area contributed by atoms with Crippen molar-refractivity contribution in [1.82, 2.24) is 9.88 Å². The highest BCUT2D eigenvalue weighted by Crippen LogP contribution is 2.33. The summed E-state index contributed by atoms with van der Waals surface area (Å²) in [7, 11) is 1.79. The number of benzene rings is 1. The molecule has 1 aromatic carbocycles. The number of carbonyl (C=O) groups excluding carboxylic acids is 1. The van der Waals surface area contributed by atoms with Crippen molar-refractivity contribution >= 4 is 17.2 Å². The van der Waals surface area contributed by atoms with Crippen LogP contribution in [0.25, 0.3) is 10.6 Å². The molecule has 0 saturated heterocycles. The first-order chi connectivity index (χ1) is 9.91. The van der Waals surface area contributed by atoms with Crippen molar-refractivity contribution in [3.63, 3.8) is 0 Å². The molecule has 1 heterocycles. The van der Waals surface area contributed by atoms with Gasteiger partial charge in [0.1, 0.15) is 5.01 Å². The molecule has 4 nitrogen and oxygen atoms in total. The number of carbonyl (C=O) groups is 1. The van der Waals surface area contributed by atoms with E-state index in [0.29, 0.717) is 0 Å². The number of rotatable bonds is 4. The molecular weight excluding hydrogens is 282 g/mol. The Balaban J connectivity index is 2.29. The molecule has 2 atom stereocenters. The molecule has 1 aromatic heterocycles. The highest BCUT2D eigenvalue weighted by Gasteiger charge is 2.24. The van der Waals surface area contributed by atoms with E-state index in [0.717, 1.165) is 21.1 Å². The standard InChI is InChI=1S/C16H21N3OS/c1-10(17)16(20)19(4)12(3)14-11(2)18-15(21-14)13-8-6-5-7-9-13/h5-10,12H,17H2,1-4H3. The van der Waals surface area contributed by atoms with E-state index in [4.69, 9.17) is 5.73 Å². The Hall–Kier alpha value is -1.72. The molecular formula is C16H21N3OS. The van der Waals surface area contributed by atoms with Gasteiger partial charge < -0.3 is 10.6 Å². The van der Waals surface area contributed by atoms with Gasteiger partial charge in [-0.15, -0.1) is 11.3 Å². The third-order valence-electron chi connectivity index (χ3n) is 3.55. The summed E-state index contributed by atoms with van der Waals surface area (Å²) < 4.78 is 0. The highest BCUT2D eigenvalue weighted by molar-refractivity contribution is 7.15. The summed E-state index contributed by atoms with van der Waals surface area (Å²) in [6.07, 6.45) is 0. The van der Waals surface area contributed by atoms with Gasteiger partial charge in [-0.25, -0.2) is 4.98 Å². The molecule has 2 rings (SSSR count). The Bertz CT molecular complexity index is 622. The number of hydrogen-bond acceptors (Lipinski definition) is 4. The van der Waals surface area contributed by atoms with Gasteiger partial charge in [0.25, 0.3) is 0 Å². The molecule has 2 unspecified atom stereocenters. The second-order valence-electron chi connectivity index (χ2n) is 5.25. The molecule has 112 valence electrons. The van der Waals surface area contributed by atoms with E-state index in [-0.39, 0.29) is 11.9 Å². The molecule has 5 heteroatoms. The number of nitrogens with zero attached hydrogens (tertiary/aromatic N) is 2. The van der Waals surface area contributed by atoms with Gasteiger partial charge in [-0.05, 0) is 20.8 Å². The molecule has 2 aromatic rings. The number of likely N-dealkylation sites (N-methyl/N-ethyl adjacent to an activating group) is 1. The number of nitrogens with two attached hydrogens (primary N) is 1. The highest BCUT2D eigenvalue weighted by atomic mass is 32.1. The minimum absolute atomic E-state index is 0.0292. The maximum absolute atomic E-state index is 12.0. The largest absolute Gasteiger partial charge is 0.337 e. The monoisotopic (exact) mass is 303 g/mol. The van der Waals surface area contributed by atoms with Crippen LogP contribution in [0.3, 0.4) is 0 Å². The maximum Gasteiger partial charge on any atom is 0.239 e. The zero-order chi connectivity index (χ0) is 15.6. The van der Waals surface area contributed by atoms with Crippen LogP contribution in [0.4, 0.5) is 0 Å². The van der Waals surface area contributed by atoms with Crippen LogP contribution in [-0.2, 0) is 4.79 Å². The quantitative estimate of drug-likeness (QED) is 0.944. The normalized spacial score (nSPS) is 13.8. The molecule has 1 amide bonds. The second-order valence-corrected chi connectivity index (χ2v) is 6.28. The van der Waals surface area contributed by atoms with Crippen molar-refractivity contribution in [2.24, 2.45) is 5.73 Å². The summed E-state index contributed by atoms with van der Waals surface area (Å²) in [4.78, 5) is 19.5. The van der Waals surface area contributed by atoms with Gasteiger partial charge in [-0.2, -0.15) is 0 Å². The third-order valence-corrected chi connectivity index (χ3v) is 4.93. The Morgan fingerprint density at radius 3 is 2.48 bits per heavy atom. The van der Waals surface area contributed by atoms with Gasteiger partial charge in [-0.3, -0.25) is 4.79 Å². The van der Waals surface area contributed by atoms with Crippen LogP contribution in [0.2, 0.25) is 0 Å². The van der Waals surface area contributed by atoms with E-state index in [9.17, 15) is 4.79 Å². The maximum atomic E-state index is 12.0. The van der Waals surface area contributed by atoms with Crippen LogP contribution in [-0.4, -0.2) is 28.9 Å². The number of hydrogen-bond donors (Lipinski definition) is 1. The van der Waals surface area contributed by atoms with Crippen LogP contribution in [0, 0.1) is 6.92 Å². The fraction of sp³-hybridized carbons (Fsp3) is 0.375. The van der Waals surface area contributed by atoms with Gasteiger partial charge >= 0.3 is 0 Å². The van der Waals surface area contributed by atoms with Crippen molar-refractivity contribution < 1.29 is 4.79 Å². The van der Waals surface area contributed by atoms with Crippen molar-refractivity contribution in [1.29, 1.82) is 0 Å². The van der Waals surface area contributed by atoms with Crippen molar-refractivity contribution in [2.75, 3.05) is 7.05 Å². The first kappa shape index (κ1) is 15.7. The van der Waals surface area contributed by atoms with E-state index in [2.05, 4.69) is 4.98 Å². The first-order valence-corrected chi connectivity index (χ1v) is 7.78. The van der Waals surface area contributed by atoms with E-state index in [1.165, 1.54) is 0 Å². The number of amides is 1. The Morgan fingerprint density at radius 2 is 1.90 bits per heavy atom.